The minimum atomic E-state index is -0.441. The number of aliphatic hydroxyl groups is 1. The molecule has 0 saturated heterocycles. The summed E-state index contributed by atoms with van der Waals surface area (Å²) in [6.45, 7) is 1.14. The molecule has 1 N–H and O–H groups in total. The Morgan fingerprint density at radius 2 is 2.17 bits per heavy atom. The second-order valence-electron chi connectivity index (χ2n) is 3.04. The molecule has 1 heterocycles. The molecule has 0 aliphatic carbocycles. The maximum absolute atomic E-state index is 9.62. The molecule has 1 aromatic rings. The second-order valence-corrected chi connectivity index (χ2v) is 3.04. The quantitative estimate of drug-likeness (QED) is 0.626. The molecule has 12 heavy (non-hydrogen) atoms. The van der Waals surface area contributed by atoms with Gasteiger partial charge in [-0.15, -0.1) is 0 Å². The Balaban J connectivity index is 2.39. The predicted octanol–water partition coefficient (Wildman–Crippen LogP) is 1.29. The summed E-state index contributed by atoms with van der Waals surface area (Å²) in [6, 6.07) is 7.96. The minimum absolute atomic E-state index is 0.428. The van der Waals surface area contributed by atoms with Crippen molar-refractivity contribution in [1.82, 2.24) is 0 Å². The Kier molecular flexibility index (Phi) is 2.11. The van der Waals surface area contributed by atoms with Gasteiger partial charge in [-0.2, -0.15) is 0 Å². The standard InChI is InChI=1S/C10H12O2/c11-10-7-12-6-5-8-3-1-2-4-9(8)10/h1-4,10-11H,5-7H2. The highest BCUT2D eigenvalue weighted by molar-refractivity contribution is 5.29. The van der Waals surface area contributed by atoms with Crippen molar-refractivity contribution in [2.45, 2.75) is 12.5 Å². The summed E-state index contributed by atoms with van der Waals surface area (Å²) < 4.78 is 5.24. The zero-order chi connectivity index (χ0) is 8.39. The fourth-order valence-corrected chi connectivity index (χ4v) is 1.55. The third kappa shape index (κ3) is 1.36. The molecule has 1 aromatic carbocycles. The van der Waals surface area contributed by atoms with E-state index in [0.29, 0.717) is 13.2 Å². The topological polar surface area (TPSA) is 29.5 Å². The molecule has 2 rings (SSSR count). The van der Waals surface area contributed by atoms with Crippen molar-refractivity contribution in [2.75, 3.05) is 13.2 Å². The molecular formula is C10H12O2. The van der Waals surface area contributed by atoms with Crippen LogP contribution in [-0.4, -0.2) is 18.3 Å². The molecule has 0 fully saturated rings. The van der Waals surface area contributed by atoms with Crippen LogP contribution in [0.15, 0.2) is 24.3 Å². The maximum atomic E-state index is 9.62. The van der Waals surface area contributed by atoms with Gasteiger partial charge in [0.15, 0.2) is 0 Å². The first-order valence-corrected chi connectivity index (χ1v) is 4.21. The third-order valence-corrected chi connectivity index (χ3v) is 2.21. The van der Waals surface area contributed by atoms with Gasteiger partial charge in [0.25, 0.3) is 0 Å². The maximum Gasteiger partial charge on any atom is 0.103 e. The highest BCUT2D eigenvalue weighted by Crippen LogP contribution is 2.21. The number of fused-ring (bicyclic) bond motifs is 1. The SMILES string of the molecule is OC1COCCc2ccccc21. The summed E-state index contributed by atoms with van der Waals surface area (Å²) in [5.41, 5.74) is 2.23. The van der Waals surface area contributed by atoms with Crippen LogP contribution in [0, 0.1) is 0 Å². The molecule has 2 nitrogen and oxygen atoms in total. The zero-order valence-electron chi connectivity index (χ0n) is 6.86. The lowest BCUT2D eigenvalue weighted by atomic mass is 10.0. The molecule has 1 unspecified atom stereocenters. The molecule has 1 atom stereocenters. The normalized spacial score (nSPS) is 22.9. The van der Waals surface area contributed by atoms with Gasteiger partial charge in [0.1, 0.15) is 6.10 Å². The summed E-state index contributed by atoms with van der Waals surface area (Å²) in [4.78, 5) is 0. The lowest BCUT2D eigenvalue weighted by Crippen LogP contribution is -2.04. The molecule has 1 aliphatic heterocycles. The van der Waals surface area contributed by atoms with E-state index in [1.54, 1.807) is 0 Å². The highest BCUT2D eigenvalue weighted by Gasteiger charge is 2.14. The van der Waals surface area contributed by atoms with Gasteiger partial charge in [-0.05, 0) is 17.5 Å². The van der Waals surface area contributed by atoms with Gasteiger partial charge in [0.2, 0.25) is 0 Å². The number of hydrogen-bond donors (Lipinski definition) is 1. The van der Waals surface area contributed by atoms with E-state index in [2.05, 4.69) is 0 Å². The van der Waals surface area contributed by atoms with Crippen LogP contribution >= 0.6 is 0 Å². The van der Waals surface area contributed by atoms with Gasteiger partial charge in [-0.3, -0.25) is 0 Å². The Bertz CT molecular complexity index is 270. The lowest BCUT2D eigenvalue weighted by molar-refractivity contribution is 0.0452. The number of ether oxygens (including phenoxy) is 1. The van der Waals surface area contributed by atoms with Crippen LogP contribution < -0.4 is 0 Å². The molecular weight excluding hydrogens is 152 g/mol. The van der Waals surface area contributed by atoms with Gasteiger partial charge in [0.05, 0.1) is 13.2 Å². The third-order valence-electron chi connectivity index (χ3n) is 2.21. The van der Waals surface area contributed by atoms with Crippen molar-refractivity contribution < 1.29 is 9.84 Å². The first kappa shape index (κ1) is 7.77. The van der Waals surface area contributed by atoms with E-state index >= 15 is 0 Å². The average Bonchev–Trinajstić information content (AvgIpc) is 2.29. The second kappa shape index (κ2) is 3.25. The van der Waals surface area contributed by atoms with E-state index in [1.807, 2.05) is 24.3 Å². The first-order chi connectivity index (χ1) is 5.88. The molecule has 0 aromatic heterocycles. The van der Waals surface area contributed by atoms with Crippen LogP contribution in [0.4, 0.5) is 0 Å². The first-order valence-electron chi connectivity index (χ1n) is 4.21. The fourth-order valence-electron chi connectivity index (χ4n) is 1.55. The monoisotopic (exact) mass is 164 g/mol. The molecule has 1 aliphatic rings. The molecule has 0 spiro atoms. The fraction of sp³-hybridized carbons (Fsp3) is 0.400. The Morgan fingerprint density at radius 3 is 3.08 bits per heavy atom. The zero-order valence-corrected chi connectivity index (χ0v) is 6.86. The van der Waals surface area contributed by atoms with E-state index < -0.39 is 6.10 Å². The number of aliphatic hydroxyl groups excluding tert-OH is 1. The van der Waals surface area contributed by atoms with E-state index in [9.17, 15) is 5.11 Å². The Hall–Kier alpha value is -0.860. The van der Waals surface area contributed by atoms with Crippen molar-refractivity contribution in [2.24, 2.45) is 0 Å². The van der Waals surface area contributed by atoms with E-state index in [-0.39, 0.29) is 0 Å². The van der Waals surface area contributed by atoms with Gasteiger partial charge in [-0.1, -0.05) is 24.3 Å². The van der Waals surface area contributed by atoms with E-state index in [0.717, 1.165) is 12.0 Å². The van der Waals surface area contributed by atoms with Gasteiger partial charge < -0.3 is 9.84 Å². The summed E-state index contributed by atoms with van der Waals surface area (Å²) in [5, 5.41) is 9.62. The van der Waals surface area contributed by atoms with Crippen LogP contribution in [-0.2, 0) is 11.2 Å². The van der Waals surface area contributed by atoms with Crippen molar-refractivity contribution in [3.63, 3.8) is 0 Å². The summed E-state index contributed by atoms with van der Waals surface area (Å²) in [6.07, 6.45) is 0.469. The van der Waals surface area contributed by atoms with Crippen LogP contribution in [0.2, 0.25) is 0 Å². The largest absolute Gasteiger partial charge is 0.386 e. The lowest BCUT2D eigenvalue weighted by Gasteiger charge is -2.09. The Morgan fingerprint density at radius 1 is 1.33 bits per heavy atom. The molecule has 0 amide bonds. The highest BCUT2D eigenvalue weighted by atomic mass is 16.5. The molecule has 0 saturated carbocycles. The number of benzene rings is 1. The van der Waals surface area contributed by atoms with Gasteiger partial charge in [-0.25, -0.2) is 0 Å². The average molecular weight is 164 g/mol. The van der Waals surface area contributed by atoms with Crippen LogP contribution in [0.3, 0.4) is 0 Å². The smallest absolute Gasteiger partial charge is 0.103 e. The van der Waals surface area contributed by atoms with Gasteiger partial charge >= 0.3 is 0 Å². The molecule has 64 valence electrons. The molecule has 2 heteroatoms. The van der Waals surface area contributed by atoms with Crippen LogP contribution in [0.5, 0.6) is 0 Å². The Labute approximate surface area is 71.8 Å². The minimum Gasteiger partial charge on any atom is -0.386 e. The predicted molar refractivity (Wildman–Crippen MR) is 45.9 cm³/mol. The molecule has 0 bridgehead atoms. The number of hydrogen-bond acceptors (Lipinski definition) is 2. The van der Waals surface area contributed by atoms with E-state index in [4.69, 9.17) is 4.74 Å². The van der Waals surface area contributed by atoms with E-state index in [1.165, 1.54) is 5.56 Å². The summed E-state index contributed by atoms with van der Waals surface area (Å²) in [5.74, 6) is 0. The summed E-state index contributed by atoms with van der Waals surface area (Å²) >= 11 is 0. The van der Waals surface area contributed by atoms with Gasteiger partial charge in [0, 0.05) is 0 Å². The number of rotatable bonds is 0. The van der Waals surface area contributed by atoms with Crippen LogP contribution in [0.25, 0.3) is 0 Å². The summed E-state index contributed by atoms with van der Waals surface area (Å²) in [7, 11) is 0. The van der Waals surface area contributed by atoms with Crippen molar-refractivity contribution >= 4 is 0 Å². The van der Waals surface area contributed by atoms with Crippen molar-refractivity contribution in [3.05, 3.63) is 35.4 Å². The molecule has 0 radical (unpaired) electrons. The van der Waals surface area contributed by atoms with Crippen molar-refractivity contribution in [3.8, 4) is 0 Å². The van der Waals surface area contributed by atoms with Crippen molar-refractivity contribution in [1.29, 1.82) is 0 Å². The van der Waals surface area contributed by atoms with Crippen LogP contribution in [0.1, 0.15) is 17.2 Å².